The fraction of sp³-hybridized carbons (Fsp3) is 0.308. The number of anilines is 1. The predicted molar refractivity (Wildman–Crippen MR) is 140 cm³/mol. The highest BCUT2D eigenvalue weighted by molar-refractivity contribution is 7.98. The number of nitrogens with zero attached hydrogens (tertiary/aromatic N) is 4. The Kier molecular flexibility index (Phi) is 7.19. The van der Waals surface area contributed by atoms with Crippen molar-refractivity contribution in [1.82, 2.24) is 19.7 Å². The molecule has 8 heteroatoms. The van der Waals surface area contributed by atoms with Gasteiger partial charge in [-0.3, -0.25) is 4.79 Å². The van der Waals surface area contributed by atoms with Crippen molar-refractivity contribution in [2.24, 2.45) is 7.05 Å². The molecule has 1 amide bonds. The van der Waals surface area contributed by atoms with Crippen LogP contribution in [0.2, 0.25) is 0 Å². The number of thiazole rings is 1. The molecule has 0 aliphatic rings. The molecular weight excluding hydrogens is 462 g/mol. The van der Waals surface area contributed by atoms with Gasteiger partial charge in [0.15, 0.2) is 11.0 Å². The second-order valence-electron chi connectivity index (χ2n) is 9.30. The van der Waals surface area contributed by atoms with Crippen molar-refractivity contribution in [3.8, 4) is 11.4 Å². The summed E-state index contributed by atoms with van der Waals surface area (Å²) in [6.07, 6.45) is 0.266. The number of aryl methyl sites for hydroxylation is 1. The van der Waals surface area contributed by atoms with Gasteiger partial charge in [-0.1, -0.05) is 74.5 Å². The van der Waals surface area contributed by atoms with Crippen LogP contribution in [0.3, 0.4) is 0 Å². The van der Waals surface area contributed by atoms with Gasteiger partial charge in [-0.2, -0.15) is 0 Å². The van der Waals surface area contributed by atoms with E-state index in [1.807, 2.05) is 48.2 Å². The lowest BCUT2D eigenvalue weighted by molar-refractivity contribution is -0.115. The Labute approximate surface area is 208 Å². The van der Waals surface area contributed by atoms with Gasteiger partial charge < -0.3 is 9.88 Å². The molecule has 4 aromatic rings. The summed E-state index contributed by atoms with van der Waals surface area (Å²) >= 11 is 3.10. The first-order valence-electron chi connectivity index (χ1n) is 11.1. The van der Waals surface area contributed by atoms with E-state index >= 15 is 0 Å². The monoisotopic (exact) mass is 491 g/mol. The maximum absolute atomic E-state index is 12.3. The molecule has 0 fully saturated rings. The SMILES string of the molecule is Cc1ccc(NC(=O)Cc2nc(CSc3nnc(-c4ccc(C(C)(C)C)cc4)n3C)cs2)cc1. The molecule has 0 unspecified atom stereocenters. The van der Waals surface area contributed by atoms with Crippen LogP contribution >= 0.6 is 23.1 Å². The average molecular weight is 492 g/mol. The quantitative estimate of drug-likeness (QED) is 0.320. The van der Waals surface area contributed by atoms with E-state index in [4.69, 9.17) is 0 Å². The number of benzene rings is 2. The highest BCUT2D eigenvalue weighted by atomic mass is 32.2. The first-order chi connectivity index (χ1) is 16.2. The normalized spacial score (nSPS) is 11.6. The third-order valence-corrected chi connectivity index (χ3v) is 7.39. The molecule has 0 atom stereocenters. The topological polar surface area (TPSA) is 72.7 Å². The highest BCUT2D eigenvalue weighted by Gasteiger charge is 2.16. The largest absolute Gasteiger partial charge is 0.326 e. The Morgan fingerprint density at radius 2 is 1.76 bits per heavy atom. The first kappa shape index (κ1) is 24.2. The smallest absolute Gasteiger partial charge is 0.231 e. The minimum Gasteiger partial charge on any atom is -0.326 e. The van der Waals surface area contributed by atoms with Crippen LogP contribution < -0.4 is 5.32 Å². The van der Waals surface area contributed by atoms with E-state index in [0.717, 1.165) is 38.5 Å². The summed E-state index contributed by atoms with van der Waals surface area (Å²) in [5, 5.41) is 15.3. The van der Waals surface area contributed by atoms with Gasteiger partial charge >= 0.3 is 0 Å². The molecule has 6 nitrogen and oxygen atoms in total. The lowest BCUT2D eigenvalue weighted by Crippen LogP contribution is -2.14. The van der Waals surface area contributed by atoms with Gasteiger partial charge in [0, 0.05) is 29.4 Å². The van der Waals surface area contributed by atoms with Crippen LogP contribution in [0.4, 0.5) is 5.69 Å². The Balaban J connectivity index is 1.34. The van der Waals surface area contributed by atoms with E-state index in [0.29, 0.717) is 5.75 Å². The number of hydrogen-bond acceptors (Lipinski definition) is 6. The Hall–Kier alpha value is -2.97. The van der Waals surface area contributed by atoms with Crippen LogP contribution in [0, 0.1) is 6.92 Å². The molecule has 0 saturated heterocycles. The van der Waals surface area contributed by atoms with Gasteiger partial charge in [0.1, 0.15) is 5.01 Å². The van der Waals surface area contributed by atoms with Crippen molar-refractivity contribution >= 4 is 34.7 Å². The predicted octanol–water partition coefficient (Wildman–Crippen LogP) is 6.02. The Bertz CT molecular complexity index is 1270. The van der Waals surface area contributed by atoms with Crippen molar-refractivity contribution in [1.29, 1.82) is 0 Å². The zero-order valence-electron chi connectivity index (χ0n) is 20.1. The number of thioether (sulfide) groups is 1. The summed E-state index contributed by atoms with van der Waals surface area (Å²) in [7, 11) is 1.98. The minimum absolute atomic E-state index is 0.0622. The molecule has 1 N–H and O–H groups in total. The summed E-state index contributed by atoms with van der Waals surface area (Å²) in [5.41, 5.74) is 5.35. The summed E-state index contributed by atoms with van der Waals surface area (Å²) in [5.74, 6) is 1.45. The van der Waals surface area contributed by atoms with E-state index < -0.39 is 0 Å². The van der Waals surface area contributed by atoms with Crippen LogP contribution in [0.25, 0.3) is 11.4 Å². The Morgan fingerprint density at radius 3 is 2.44 bits per heavy atom. The lowest BCUT2D eigenvalue weighted by atomic mass is 9.87. The minimum atomic E-state index is -0.0622. The van der Waals surface area contributed by atoms with Crippen molar-refractivity contribution in [3.63, 3.8) is 0 Å². The summed E-state index contributed by atoms with van der Waals surface area (Å²) in [6, 6.07) is 16.3. The maximum Gasteiger partial charge on any atom is 0.231 e. The van der Waals surface area contributed by atoms with Crippen LogP contribution in [-0.2, 0) is 29.4 Å². The van der Waals surface area contributed by atoms with Gasteiger partial charge in [0.05, 0.1) is 12.1 Å². The number of rotatable bonds is 7. The van der Waals surface area contributed by atoms with Crippen molar-refractivity contribution in [2.45, 2.75) is 50.4 Å². The van der Waals surface area contributed by atoms with Crippen molar-refractivity contribution < 1.29 is 4.79 Å². The zero-order valence-corrected chi connectivity index (χ0v) is 21.8. The van der Waals surface area contributed by atoms with E-state index in [1.54, 1.807) is 11.8 Å². The van der Waals surface area contributed by atoms with E-state index in [-0.39, 0.29) is 17.7 Å². The van der Waals surface area contributed by atoms with Crippen molar-refractivity contribution in [2.75, 3.05) is 5.32 Å². The van der Waals surface area contributed by atoms with Gasteiger partial charge in [-0.15, -0.1) is 21.5 Å². The van der Waals surface area contributed by atoms with Crippen LogP contribution in [-0.4, -0.2) is 25.7 Å². The molecule has 176 valence electrons. The first-order valence-corrected chi connectivity index (χ1v) is 13.0. The van der Waals surface area contributed by atoms with E-state index in [9.17, 15) is 4.79 Å². The fourth-order valence-corrected chi connectivity index (χ4v) is 5.13. The van der Waals surface area contributed by atoms with Crippen molar-refractivity contribution in [3.05, 3.63) is 75.7 Å². The zero-order chi connectivity index (χ0) is 24.3. The molecule has 2 aromatic carbocycles. The molecule has 34 heavy (non-hydrogen) atoms. The van der Waals surface area contributed by atoms with Crippen LogP contribution in [0.1, 0.15) is 42.6 Å². The van der Waals surface area contributed by atoms with E-state index in [2.05, 4.69) is 65.5 Å². The number of carbonyl (C=O) groups excluding carboxylic acids is 1. The third-order valence-electron chi connectivity index (χ3n) is 5.44. The molecule has 0 spiro atoms. The molecule has 0 radical (unpaired) electrons. The van der Waals surface area contributed by atoms with Gasteiger partial charge in [-0.05, 0) is 30.0 Å². The third kappa shape index (κ3) is 5.93. The second kappa shape index (κ2) is 10.1. The maximum atomic E-state index is 12.3. The summed E-state index contributed by atoms with van der Waals surface area (Å²) in [4.78, 5) is 17.0. The molecular formula is C26H29N5OS2. The standard InChI is InChI=1S/C26H29N5OS2/c1-17-6-12-20(13-7-17)27-22(32)14-23-28-21(15-33-23)16-34-25-30-29-24(31(25)5)18-8-10-19(11-9-18)26(2,3)4/h6-13,15H,14,16H2,1-5H3,(H,27,32). The van der Waals surface area contributed by atoms with Crippen LogP contribution in [0.15, 0.2) is 59.1 Å². The summed E-state index contributed by atoms with van der Waals surface area (Å²) in [6.45, 7) is 8.64. The molecule has 0 saturated carbocycles. The van der Waals surface area contributed by atoms with Gasteiger partial charge in [0.25, 0.3) is 0 Å². The number of hydrogen-bond donors (Lipinski definition) is 1. The molecule has 0 bridgehead atoms. The molecule has 2 heterocycles. The number of carbonyl (C=O) groups is 1. The Morgan fingerprint density at radius 1 is 1.06 bits per heavy atom. The molecule has 0 aliphatic carbocycles. The highest BCUT2D eigenvalue weighted by Crippen LogP contribution is 2.28. The average Bonchev–Trinajstić information content (AvgIpc) is 3.39. The second-order valence-corrected chi connectivity index (χ2v) is 11.2. The number of aromatic nitrogens is 4. The number of amides is 1. The van der Waals surface area contributed by atoms with Gasteiger partial charge in [-0.25, -0.2) is 4.98 Å². The van der Waals surface area contributed by atoms with E-state index in [1.165, 1.54) is 16.9 Å². The molecule has 2 aromatic heterocycles. The lowest BCUT2D eigenvalue weighted by Gasteiger charge is -2.19. The molecule has 4 rings (SSSR count). The number of nitrogens with one attached hydrogen (secondary N) is 1. The fourth-order valence-electron chi connectivity index (χ4n) is 3.43. The summed E-state index contributed by atoms with van der Waals surface area (Å²) < 4.78 is 2.01. The molecule has 0 aliphatic heterocycles. The van der Waals surface area contributed by atoms with Crippen LogP contribution in [0.5, 0.6) is 0 Å². The van der Waals surface area contributed by atoms with Gasteiger partial charge in [0.2, 0.25) is 5.91 Å².